The quantitative estimate of drug-likeness (QED) is 0.579. The van der Waals surface area contributed by atoms with Gasteiger partial charge in [0.15, 0.2) is 14.9 Å². The van der Waals surface area contributed by atoms with Gasteiger partial charge in [-0.05, 0) is 55.5 Å². The standard InChI is InChI=1S/C18H23N7O2S/c1-18(2,3)28(26,27)16-10-9-14(13-21-16)19-11-12-20-17-22-23-24-25(17)15-7-5-4-6-8-15/h4-10,13,19H,11-12H2,1-3H3,(H,20,22,24). The molecule has 9 nitrogen and oxygen atoms in total. The number of hydrogen-bond acceptors (Lipinski definition) is 8. The van der Waals surface area contributed by atoms with Crippen LogP contribution in [0.25, 0.3) is 5.69 Å². The minimum atomic E-state index is -3.46. The Bertz CT molecular complexity index is 1010. The maximum atomic E-state index is 12.4. The summed E-state index contributed by atoms with van der Waals surface area (Å²) in [5.74, 6) is 0.540. The summed E-state index contributed by atoms with van der Waals surface area (Å²) >= 11 is 0. The van der Waals surface area contributed by atoms with Crippen molar-refractivity contribution in [3.63, 3.8) is 0 Å². The Labute approximate surface area is 164 Å². The number of nitrogens with zero attached hydrogens (tertiary/aromatic N) is 5. The zero-order chi connectivity index (χ0) is 20.2. The highest BCUT2D eigenvalue weighted by Gasteiger charge is 2.31. The fraction of sp³-hybridized carbons (Fsp3) is 0.333. The van der Waals surface area contributed by atoms with Crippen molar-refractivity contribution in [3.05, 3.63) is 48.7 Å². The Balaban J connectivity index is 1.55. The summed E-state index contributed by atoms with van der Waals surface area (Å²) in [6, 6.07) is 12.8. The lowest BCUT2D eigenvalue weighted by molar-refractivity contribution is 0.556. The molecule has 0 spiro atoms. The third kappa shape index (κ3) is 4.28. The Kier molecular flexibility index (Phi) is 5.59. The number of aromatic nitrogens is 5. The lowest BCUT2D eigenvalue weighted by Crippen LogP contribution is -2.28. The van der Waals surface area contributed by atoms with Crippen molar-refractivity contribution in [1.82, 2.24) is 25.2 Å². The average Bonchev–Trinajstić information content (AvgIpc) is 3.14. The van der Waals surface area contributed by atoms with Crippen LogP contribution in [0.2, 0.25) is 0 Å². The Morgan fingerprint density at radius 2 is 1.71 bits per heavy atom. The van der Waals surface area contributed by atoms with Crippen molar-refractivity contribution in [3.8, 4) is 5.69 Å². The highest BCUT2D eigenvalue weighted by Crippen LogP contribution is 2.23. The van der Waals surface area contributed by atoms with E-state index in [4.69, 9.17) is 0 Å². The SMILES string of the molecule is CC(C)(C)S(=O)(=O)c1ccc(NCCNc2nnnn2-c2ccccc2)cn1. The molecule has 0 aliphatic heterocycles. The fourth-order valence-corrected chi connectivity index (χ4v) is 3.45. The van der Waals surface area contributed by atoms with Gasteiger partial charge in [0, 0.05) is 13.1 Å². The summed E-state index contributed by atoms with van der Waals surface area (Å²) in [4.78, 5) is 4.09. The van der Waals surface area contributed by atoms with Gasteiger partial charge in [0.05, 0.1) is 22.3 Å². The summed E-state index contributed by atoms with van der Waals surface area (Å²) in [6.45, 7) is 6.12. The molecule has 28 heavy (non-hydrogen) atoms. The maximum Gasteiger partial charge on any atom is 0.247 e. The van der Waals surface area contributed by atoms with E-state index in [1.165, 1.54) is 12.3 Å². The fourth-order valence-electron chi connectivity index (χ4n) is 2.38. The smallest absolute Gasteiger partial charge is 0.247 e. The minimum Gasteiger partial charge on any atom is -0.382 e. The summed E-state index contributed by atoms with van der Waals surface area (Å²) < 4.78 is 25.5. The third-order valence-electron chi connectivity index (χ3n) is 4.03. The lowest BCUT2D eigenvalue weighted by Gasteiger charge is -2.18. The van der Waals surface area contributed by atoms with E-state index in [1.807, 2.05) is 30.3 Å². The normalized spacial score (nSPS) is 12.0. The minimum absolute atomic E-state index is 0.0747. The molecule has 3 aromatic rings. The second-order valence-corrected chi connectivity index (χ2v) is 9.75. The van der Waals surface area contributed by atoms with Crippen LogP contribution in [0.1, 0.15) is 20.8 Å². The molecule has 0 unspecified atom stereocenters. The van der Waals surface area contributed by atoms with E-state index in [-0.39, 0.29) is 5.03 Å². The summed E-state index contributed by atoms with van der Waals surface area (Å²) in [5, 5.41) is 18.1. The number of anilines is 2. The summed E-state index contributed by atoms with van der Waals surface area (Å²) in [6.07, 6.45) is 1.52. The van der Waals surface area contributed by atoms with Gasteiger partial charge >= 0.3 is 0 Å². The van der Waals surface area contributed by atoms with Crippen molar-refractivity contribution in [1.29, 1.82) is 0 Å². The van der Waals surface area contributed by atoms with Crippen LogP contribution in [-0.2, 0) is 9.84 Å². The molecule has 0 saturated heterocycles. The molecule has 0 saturated carbocycles. The number of hydrogen-bond donors (Lipinski definition) is 2. The molecular weight excluding hydrogens is 378 g/mol. The zero-order valence-corrected chi connectivity index (χ0v) is 16.8. The molecule has 0 aliphatic rings. The molecule has 0 atom stereocenters. The first kappa shape index (κ1) is 19.7. The van der Waals surface area contributed by atoms with Crippen LogP contribution in [0.4, 0.5) is 11.6 Å². The van der Waals surface area contributed by atoms with Gasteiger partial charge in [0.1, 0.15) is 0 Å². The van der Waals surface area contributed by atoms with E-state index < -0.39 is 14.6 Å². The van der Waals surface area contributed by atoms with Gasteiger partial charge < -0.3 is 10.6 Å². The molecule has 1 aromatic carbocycles. The molecule has 148 valence electrons. The lowest BCUT2D eigenvalue weighted by atomic mass is 10.3. The largest absolute Gasteiger partial charge is 0.382 e. The van der Waals surface area contributed by atoms with Gasteiger partial charge in [-0.1, -0.05) is 23.3 Å². The van der Waals surface area contributed by atoms with Crippen molar-refractivity contribution in [2.24, 2.45) is 0 Å². The van der Waals surface area contributed by atoms with Gasteiger partial charge in [-0.3, -0.25) is 0 Å². The van der Waals surface area contributed by atoms with Crippen LogP contribution in [0, 0.1) is 0 Å². The third-order valence-corrected chi connectivity index (χ3v) is 6.43. The Morgan fingerprint density at radius 1 is 1.00 bits per heavy atom. The van der Waals surface area contributed by atoms with Crippen molar-refractivity contribution in [2.75, 3.05) is 23.7 Å². The average molecular weight is 401 g/mol. The van der Waals surface area contributed by atoms with Gasteiger partial charge in [-0.15, -0.1) is 0 Å². The second-order valence-electron chi connectivity index (χ2n) is 7.10. The van der Waals surface area contributed by atoms with Crippen molar-refractivity contribution in [2.45, 2.75) is 30.5 Å². The highest BCUT2D eigenvalue weighted by atomic mass is 32.2. The Morgan fingerprint density at radius 3 is 2.36 bits per heavy atom. The van der Waals surface area contributed by atoms with Crippen LogP contribution in [-0.4, -0.2) is 51.4 Å². The van der Waals surface area contributed by atoms with Crippen LogP contribution in [0.3, 0.4) is 0 Å². The van der Waals surface area contributed by atoms with Gasteiger partial charge in [-0.2, -0.15) is 4.68 Å². The topological polar surface area (TPSA) is 115 Å². The molecule has 3 rings (SSSR count). The molecule has 0 radical (unpaired) electrons. The molecule has 10 heteroatoms. The van der Waals surface area contributed by atoms with Crippen LogP contribution < -0.4 is 10.6 Å². The number of nitrogens with one attached hydrogen (secondary N) is 2. The molecule has 2 heterocycles. The van der Waals surface area contributed by atoms with E-state index in [9.17, 15) is 8.42 Å². The van der Waals surface area contributed by atoms with Gasteiger partial charge in [0.25, 0.3) is 0 Å². The summed E-state index contributed by atoms with van der Waals surface area (Å²) in [7, 11) is -3.46. The summed E-state index contributed by atoms with van der Waals surface area (Å²) in [5.41, 5.74) is 1.60. The van der Waals surface area contributed by atoms with Crippen LogP contribution >= 0.6 is 0 Å². The van der Waals surface area contributed by atoms with Crippen LogP contribution in [0.5, 0.6) is 0 Å². The maximum absolute atomic E-state index is 12.4. The van der Waals surface area contributed by atoms with Crippen molar-refractivity contribution < 1.29 is 8.42 Å². The molecule has 2 N–H and O–H groups in total. The van der Waals surface area contributed by atoms with Gasteiger partial charge in [0.2, 0.25) is 5.95 Å². The zero-order valence-electron chi connectivity index (χ0n) is 16.0. The highest BCUT2D eigenvalue weighted by molar-refractivity contribution is 7.92. The van der Waals surface area contributed by atoms with E-state index in [0.29, 0.717) is 19.0 Å². The number of pyridine rings is 1. The first-order valence-corrected chi connectivity index (χ1v) is 10.3. The number of sulfone groups is 1. The van der Waals surface area contributed by atoms with E-state index in [1.54, 1.807) is 31.5 Å². The molecule has 0 fully saturated rings. The molecule has 0 aliphatic carbocycles. The number of rotatable bonds is 7. The van der Waals surface area contributed by atoms with E-state index in [0.717, 1.165) is 11.4 Å². The number of tetrazole rings is 1. The first-order valence-electron chi connectivity index (χ1n) is 8.81. The molecule has 2 aromatic heterocycles. The molecular formula is C18H23N7O2S. The number of benzene rings is 1. The first-order chi connectivity index (χ1) is 13.3. The number of para-hydroxylation sites is 1. The monoisotopic (exact) mass is 401 g/mol. The van der Waals surface area contributed by atoms with E-state index in [2.05, 4.69) is 31.1 Å². The molecule has 0 bridgehead atoms. The van der Waals surface area contributed by atoms with Crippen LogP contribution in [0.15, 0.2) is 53.7 Å². The molecule has 0 amide bonds. The predicted molar refractivity (Wildman–Crippen MR) is 107 cm³/mol. The Hall–Kier alpha value is -3.01. The second kappa shape index (κ2) is 7.93. The van der Waals surface area contributed by atoms with E-state index >= 15 is 0 Å². The predicted octanol–water partition coefficient (Wildman–Crippen LogP) is 2.15. The van der Waals surface area contributed by atoms with Crippen molar-refractivity contribution >= 4 is 21.5 Å². The van der Waals surface area contributed by atoms with Gasteiger partial charge in [-0.25, -0.2) is 13.4 Å².